The molecule has 1 heterocycles. The molecule has 2 aromatic carbocycles. The highest BCUT2D eigenvalue weighted by Crippen LogP contribution is 2.26. The highest BCUT2D eigenvalue weighted by molar-refractivity contribution is 6.32. The Morgan fingerprint density at radius 1 is 1.17 bits per heavy atom. The predicted molar refractivity (Wildman–Crippen MR) is 115 cm³/mol. The van der Waals surface area contributed by atoms with E-state index in [4.69, 9.17) is 21.1 Å². The van der Waals surface area contributed by atoms with E-state index < -0.39 is 6.10 Å². The van der Waals surface area contributed by atoms with Gasteiger partial charge in [0.05, 0.1) is 13.2 Å². The van der Waals surface area contributed by atoms with Crippen molar-refractivity contribution in [2.45, 2.75) is 40.0 Å². The lowest BCUT2D eigenvalue weighted by Gasteiger charge is -2.26. The maximum Gasteiger partial charge on any atom is 0.261 e. The Labute approximate surface area is 177 Å². The topological polar surface area (TPSA) is 50.8 Å². The van der Waals surface area contributed by atoms with E-state index in [-0.39, 0.29) is 5.91 Å². The van der Waals surface area contributed by atoms with Gasteiger partial charge in [0.15, 0.2) is 6.10 Å². The van der Waals surface area contributed by atoms with Gasteiger partial charge < -0.3 is 14.8 Å². The van der Waals surface area contributed by atoms with E-state index in [0.29, 0.717) is 12.3 Å². The molecule has 0 aliphatic carbocycles. The molecule has 1 saturated heterocycles. The summed E-state index contributed by atoms with van der Waals surface area (Å²) in [6.07, 6.45) is -0.591. The number of nitrogens with zero attached hydrogens (tertiary/aromatic N) is 1. The van der Waals surface area contributed by atoms with Crippen molar-refractivity contribution in [1.82, 2.24) is 10.2 Å². The first-order valence-corrected chi connectivity index (χ1v) is 10.4. The summed E-state index contributed by atoms with van der Waals surface area (Å²) in [4.78, 5) is 14.9. The fraction of sp³-hybridized carbons (Fsp3) is 0.435. The molecule has 2 aromatic rings. The molecule has 1 atom stereocenters. The lowest BCUT2D eigenvalue weighted by atomic mass is 10.1. The molecule has 3 rings (SSSR count). The average Bonchev–Trinajstić information content (AvgIpc) is 2.71. The number of morpholine rings is 1. The van der Waals surface area contributed by atoms with E-state index in [9.17, 15) is 4.79 Å². The number of carbonyl (C=O) groups is 1. The molecule has 1 aliphatic heterocycles. The zero-order chi connectivity index (χ0) is 20.8. The molecule has 1 amide bonds. The summed E-state index contributed by atoms with van der Waals surface area (Å²) in [6.45, 7) is 10.5. The van der Waals surface area contributed by atoms with E-state index in [1.807, 2.05) is 38.1 Å². The van der Waals surface area contributed by atoms with Gasteiger partial charge in [-0.05, 0) is 55.2 Å². The van der Waals surface area contributed by atoms with E-state index in [1.54, 1.807) is 6.92 Å². The third-order valence-corrected chi connectivity index (χ3v) is 5.66. The summed E-state index contributed by atoms with van der Waals surface area (Å²) in [7, 11) is 0. The van der Waals surface area contributed by atoms with Crippen molar-refractivity contribution >= 4 is 17.5 Å². The van der Waals surface area contributed by atoms with E-state index in [0.717, 1.165) is 54.6 Å². The Balaban J connectivity index is 1.52. The van der Waals surface area contributed by atoms with Crippen molar-refractivity contribution in [1.29, 1.82) is 0 Å². The standard InChI is InChI=1S/C23H29ClN2O3/c1-16-11-21(12-17(2)22(16)24)29-18(3)23(27)25-14-19-5-4-6-20(13-19)15-26-7-9-28-10-8-26/h4-6,11-13,18H,7-10,14-15H2,1-3H3,(H,25,27). The van der Waals surface area contributed by atoms with Crippen LogP contribution in [-0.4, -0.2) is 43.2 Å². The van der Waals surface area contributed by atoms with Crippen molar-refractivity contribution < 1.29 is 14.3 Å². The lowest BCUT2D eigenvalue weighted by Crippen LogP contribution is -2.36. The summed E-state index contributed by atoms with van der Waals surface area (Å²) < 4.78 is 11.2. The normalized spacial score (nSPS) is 15.7. The molecule has 0 bridgehead atoms. The van der Waals surface area contributed by atoms with Gasteiger partial charge in [-0.1, -0.05) is 35.9 Å². The average molecular weight is 417 g/mol. The van der Waals surface area contributed by atoms with E-state index >= 15 is 0 Å². The molecule has 0 saturated carbocycles. The van der Waals surface area contributed by atoms with Crippen LogP contribution in [0, 0.1) is 13.8 Å². The largest absolute Gasteiger partial charge is 0.481 e. The second kappa shape index (κ2) is 10.1. The molecule has 1 aliphatic rings. The molecule has 0 aromatic heterocycles. The molecule has 1 fully saturated rings. The zero-order valence-corrected chi connectivity index (χ0v) is 18.1. The Morgan fingerprint density at radius 2 is 1.83 bits per heavy atom. The molecule has 6 heteroatoms. The summed E-state index contributed by atoms with van der Waals surface area (Å²) in [5.41, 5.74) is 4.20. The minimum Gasteiger partial charge on any atom is -0.481 e. The van der Waals surface area contributed by atoms with Gasteiger partial charge in [-0.3, -0.25) is 9.69 Å². The first-order valence-electron chi connectivity index (χ1n) is 10.0. The number of halogens is 1. The van der Waals surface area contributed by atoms with Gasteiger partial charge in [-0.15, -0.1) is 0 Å². The third kappa shape index (κ3) is 6.20. The van der Waals surface area contributed by atoms with Crippen molar-refractivity contribution in [2.75, 3.05) is 26.3 Å². The van der Waals surface area contributed by atoms with Crippen LogP contribution in [0.3, 0.4) is 0 Å². The SMILES string of the molecule is Cc1cc(OC(C)C(=O)NCc2cccc(CN3CCOCC3)c2)cc(C)c1Cl. The van der Waals surface area contributed by atoms with Crippen LogP contribution in [-0.2, 0) is 22.6 Å². The number of aryl methyl sites for hydroxylation is 2. The van der Waals surface area contributed by atoms with E-state index in [1.165, 1.54) is 5.56 Å². The molecule has 1 N–H and O–H groups in total. The van der Waals surface area contributed by atoms with Gasteiger partial charge in [-0.2, -0.15) is 0 Å². The summed E-state index contributed by atoms with van der Waals surface area (Å²) >= 11 is 6.20. The fourth-order valence-corrected chi connectivity index (χ4v) is 3.53. The summed E-state index contributed by atoms with van der Waals surface area (Å²) in [6, 6.07) is 12.0. The first kappa shape index (κ1) is 21.6. The van der Waals surface area contributed by atoms with E-state index in [2.05, 4.69) is 22.3 Å². The first-order chi connectivity index (χ1) is 13.9. The van der Waals surface area contributed by atoms with Crippen molar-refractivity contribution in [2.24, 2.45) is 0 Å². The number of hydrogen-bond acceptors (Lipinski definition) is 4. The molecule has 0 spiro atoms. The van der Waals surface area contributed by atoms with Crippen LogP contribution in [0.5, 0.6) is 5.75 Å². The Kier molecular flexibility index (Phi) is 7.53. The Morgan fingerprint density at radius 3 is 2.52 bits per heavy atom. The molecular weight excluding hydrogens is 388 g/mol. The number of benzene rings is 2. The predicted octanol–water partition coefficient (Wildman–Crippen LogP) is 3.87. The maximum atomic E-state index is 12.5. The molecular formula is C23H29ClN2O3. The second-order valence-electron chi connectivity index (χ2n) is 7.56. The van der Waals surface area contributed by atoms with Crippen molar-refractivity contribution in [3.05, 3.63) is 63.7 Å². The van der Waals surface area contributed by atoms with Gasteiger partial charge in [0.2, 0.25) is 0 Å². The fourth-order valence-electron chi connectivity index (χ4n) is 3.42. The number of carbonyl (C=O) groups excluding carboxylic acids is 1. The number of ether oxygens (including phenoxy) is 2. The lowest BCUT2D eigenvalue weighted by molar-refractivity contribution is -0.127. The Hall–Kier alpha value is -2.08. The van der Waals surface area contributed by atoms with Gasteiger partial charge in [0.1, 0.15) is 5.75 Å². The van der Waals surface area contributed by atoms with Crippen LogP contribution < -0.4 is 10.1 Å². The Bertz CT molecular complexity index is 827. The quantitative estimate of drug-likeness (QED) is 0.744. The number of rotatable bonds is 7. The molecule has 5 nitrogen and oxygen atoms in total. The van der Waals surface area contributed by atoms with Gasteiger partial charge >= 0.3 is 0 Å². The number of nitrogens with one attached hydrogen (secondary N) is 1. The molecule has 29 heavy (non-hydrogen) atoms. The van der Waals surface area contributed by atoms with Crippen LogP contribution in [0.15, 0.2) is 36.4 Å². The summed E-state index contributed by atoms with van der Waals surface area (Å²) in [5.74, 6) is 0.508. The number of hydrogen-bond donors (Lipinski definition) is 1. The summed E-state index contributed by atoms with van der Waals surface area (Å²) in [5, 5.41) is 3.69. The highest BCUT2D eigenvalue weighted by Gasteiger charge is 2.16. The van der Waals surface area contributed by atoms with Crippen LogP contribution in [0.25, 0.3) is 0 Å². The van der Waals surface area contributed by atoms with Crippen LogP contribution in [0.4, 0.5) is 0 Å². The second-order valence-corrected chi connectivity index (χ2v) is 7.94. The van der Waals surface area contributed by atoms with Crippen LogP contribution in [0.2, 0.25) is 5.02 Å². The third-order valence-electron chi connectivity index (χ3n) is 5.06. The van der Waals surface area contributed by atoms with Gasteiger partial charge in [-0.25, -0.2) is 0 Å². The number of amides is 1. The van der Waals surface area contributed by atoms with Gasteiger partial charge in [0, 0.05) is 31.2 Å². The molecule has 1 unspecified atom stereocenters. The van der Waals surface area contributed by atoms with Crippen LogP contribution >= 0.6 is 11.6 Å². The zero-order valence-electron chi connectivity index (χ0n) is 17.3. The minimum absolute atomic E-state index is 0.145. The highest BCUT2D eigenvalue weighted by atomic mass is 35.5. The maximum absolute atomic E-state index is 12.5. The van der Waals surface area contributed by atoms with Crippen molar-refractivity contribution in [3.8, 4) is 5.75 Å². The molecule has 156 valence electrons. The minimum atomic E-state index is -0.591. The smallest absolute Gasteiger partial charge is 0.261 e. The van der Waals surface area contributed by atoms with Crippen molar-refractivity contribution in [3.63, 3.8) is 0 Å². The molecule has 0 radical (unpaired) electrons. The van der Waals surface area contributed by atoms with Gasteiger partial charge in [0.25, 0.3) is 5.91 Å². The van der Waals surface area contributed by atoms with Crippen LogP contribution in [0.1, 0.15) is 29.2 Å². The monoisotopic (exact) mass is 416 g/mol.